The minimum atomic E-state index is -1.36. The first kappa shape index (κ1) is 13.3. The molecule has 1 unspecified atom stereocenters. The summed E-state index contributed by atoms with van der Waals surface area (Å²) in [6, 6.07) is 5.53. The van der Waals surface area contributed by atoms with Gasteiger partial charge in [0.1, 0.15) is 5.82 Å². The third-order valence-electron chi connectivity index (χ3n) is 2.82. The zero-order valence-corrected chi connectivity index (χ0v) is 10.7. The fourth-order valence-electron chi connectivity index (χ4n) is 1.88. The van der Waals surface area contributed by atoms with E-state index >= 15 is 0 Å². The number of carbonyl (C=O) groups excluding carboxylic acids is 2. The smallest absolute Gasteiger partial charge is 0.415 e. The Morgan fingerprint density at radius 3 is 2.95 bits per heavy atom. The monoisotopic (exact) mass is 267 g/mol. The molecule has 0 aromatic heterocycles. The number of amides is 1. The molecule has 5 nitrogen and oxygen atoms in total. The molecule has 0 radical (unpaired) electrons. The average molecular weight is 267 g/mol. The van der Waals surface area contributed by atoms with Gasteiger partial charge in [0.2, 0.25) is 5.60 Å². The van der Waals surface area contributed by atoms with E-state index in [9.17, 15) is 14.0 Å². The number of halogens is 1. The lowest BCUT2D eigenvalue weighted by atomic mass is 10.1. The number of benzene rings is 1. The molecule has 1 aromatic carbocycles. The van der Waals surface area contributed by atoms with Crippen LogP contribution in [0.15, 0.2) is 24.3 Å². The van der Waals surface area contributed by atoms with Crippen molar-refractivity contribution in [3.05, 3.63) is 30.1 Å². The van der Waals surface area contributed by atoms with Crippen molar-refractivity contribution in [1.29, 1.82) is 0 Å². The van der Waals surface area contributed by atoms with Crippen molar-refractivity contribution in [3.63, 3.8) is 0 Å². The normalized spacial score (nSPS) is 22.3. The van der Waals surface area contributed by atoms with Gasteiger partial charge in [-0.3, -0.25) is 4.90 Å². The minimum Gasteiger partial charge on any atom is -0.463 e. The molecule has 0 aliphatic carbocycles. The number of hydrogen-bond acceptors (Lipinski definition) is 4. The van der Waals surface area contributed by atoms with Crippen molar-refractivity contribution >= 4 is 17.7 Å². The third kappa shape index (κ3) is 2.52. The first-order chi connectivity index (χ1) is 8.96. The molecule has 2 rings (SSSR count). The molecule has 0 N–H and O–H groups in total. The van der Waals surface area contributed by atoms with Gasteiger partial charge in [0.05, 0.1) is 18.8 Å². The maximum absolute atomic E-state index is 13.1. The Hall–Kier alpha value is -2.11. The molecule has 1 amide bonds. The van der Waals surface area contributed by atoms with E-state index in [2.05, 4.69) is 0 Å². The summed E-state index contributed by atoms with van der Waals surface area (Å²) >= 11 is 0. The van der Waals surface area contributed by atoms with Crippen LogP contribution in [-0.2, 0) is 14.3 Å². The highest BCUT2D eigenvalue weighted by molar-refractivity contribution is 5.96. The van der Waals surface area contributed by atoms with E-state index in [4.69, 9.17) is 9.47 Å². The Morgan fingerprint density at radius 2 is 2.32 bits per heavy atom. The molecule has 0 saturated carbocycles. The number of carbonyl (C=O) groups is 2. The SMILES string of the molecule is CCOC(=O)C1(C)CN(c2cccc(F)c2)C(=O)O1. The van der Waals surface area contributed by atoms with Crippen LogP contribution >= 0.6 is 0 Å². The van der Waals surface area contributed by atoms with Gasteiger partial charge >= 0.3 is 12.1 Å². The molecule has 0 spiro atoms. The number of ether oxygens (including phenoxy) is 2. The number of anilines is 1. The summed E-state index contributed by atoms with van der Waals surface area (Å²) in [5, 5.41) is 0. The van der Waals surface area contributed by atoms with E-state index < -0.39 is 23.5 Å². The molecular formula is C13H14FNO4. The van der Waals surface area contributed by atoms with Gasteiger partial charge in [0.15, 0.2) is 0 Å². The quantitative estimate of drug-likeness (QED) is 0.787. The van der Waals surface area contributed by atoms with Crippen LogP contribution in [0.2, 0.25) is 0 Å². The minimum absolute atomic E-state index is 0.00583. The van der Waals surface area contributed by atoms with E-state index in [1.807, 2.05) is 0 Å². The standard InChI is InChI=1S/C13H14FNO4/c1-3-18-11(16)13(2)8-15(12(17)19-13)10-6-4-5-9(14)7-10/h4-7H,3,8H2,1-2H3. The zero-order chi connectivity index (χ0) is 14.0. The Labute approximate surface area is 109 Å². The van der Waals surface area contributed by atoms with Crippen LogP contribution in [0.5, 0.6) is 0 Å². The highest BCUT2D eigenvalue weighted by Gasteiger charge is 2.49. The summed E-state index contributed by atoms with van der Waals surface area (Å²) in [4.78, 5) is 24.7. The lowest BCUT2D eigenvalue weighted by Crippen LogP contribution is -2.41. The van der Waals surface area contributed by atoms with Crippen LogP contribution in [0.3, 0.4) is 0 Å². The molecule has 1 saturated heterocycles. The van der Waals surface area contributed by atoms with Crippen molar-refractivity contribution in [3.8, 4) is 0 Å². The van der Waals surface area contributed by atoms with Gasteiger partial charge in [-0.15, -0.1) is 0 Å². The summed E-state index contributed by atoms with van der Waals surface area (Å²) in [5.41, 5.74) is -1.02. The van der Waals surface area contributed by atoms with Crippen LogP contribution in [0.25, 0.3) is 0 Å². The molecule has 1 aliphatic heterocycles. The molecule has 1 heterocycles. The molecule has 1 aromatic rings. The molecular weight excluding hydrogens is 253 g/mol. The van der Waals surface area contributed by atoms with Gasteiger partial charge in [0.25, 0.3) is 0 Å². The number of hydrogen-bond donors (Lipinski definition) is 0. The van der Waals surface area contributed by atoms with E-state index in [1.165, 1.54) is 30.0 Å². The van der Waals surface area contributed by atoms with Gasteiger partial charge in [-0.25, -0.2) is 14.0 Å². The summed E-state index contributed by atoms with van der Waals surface area (Å²) in [7, 11) is 0. The Morgan fingerprint density at radius 1 is 1.58 bits per heavy atom. The maximum Gasteiger partial charge on any atom is 0.415 e. The second kappa shape index (κ2) is 4.87. The second-order valence-corrected chi connectivity index (χ2v) is 4.39. The van der Waals surface area contributed by atoms with Crippen molar-refractivity contribution in [1.82, 2.24) is 0 Å². The third-order valence-corrected chi connectivity index (χ3v) is 2.82. The van der Waals surface area contributed by atoms with Crippen LogP contribution in [0, 0.1) is 5.82 Å². The molecule has 6 heteroatoms. The predicted octanol–water partition coefficient (Wildman–Crippen LogP) is 2.10. The highest BCUT2D eigenvalue weighted by atomic mass is 19.1. The highest BCUT2D eigenvalue weighted by Crippen LogP contribution is 2.29. The first-order valence-corrected chi connectivity index (χ1v) is 5.89. The van der Waals surface area contributed by atoms with Crippen LogP contribution in [0.1, 0.15) is 13.8 Å². The summed E-state index contributed by atoms with van der Waals surface area (Å²) in [6.45, 7) is 3.34. The Bertz CT molecular complexity index is 519. The molecule has 19 heavy (non-hydrogen) atoms. The average Bonchev–Trinajstić information content (AvgIpc) is 2.67. The van der Waals surface area contributed by atoms with Gasteiger partial charge in [-0.05, 0) is 32.0 Å². The molecule has 1 atom stereocenters. The largest absolute Gasteiger partial charge is 0.463 e. The van der Waals surface area contributed by atoms with Crippen molar-refractivity contribution < 1.29 is 23.5 Å². The number of rotatable bonds is 3. The van der Waals surface area contributed by atoms with E-state index in [1.54, 1.807) is 13.0 Å². The fraction of sp³-hybridized carbons (Fsp3) is 0.385. The second-order valence-electron chi connectivity index (χ2n) is 4.39. The zero-order valence-electron chi connectivity index (χ0n) is 10.7. The Kier molecular flexibility index (Phi) is 3.42. The van der Waals surface area contributed by atoms with Gasteiger partial charge < -0.3 is 9.47 Å². The molecule has 102 valence electrons. The van der Waals surface area contributed by atoms with E-state index in [0.29, 0.717) is 5.69 Å². The summed E-state index contributed by atoms with van der Waals surface area (Å²) in [5.74, 6) is -1.07. The number of nitrogens with zero attached hydrogens (tertiary/aromatic N) is 1. The van der Waals surface area contributed by atoms with Crippen LogP contribution in [0.4, 0.5) is 14.9 Å². The van der Waals surface area contributed by atoms with Crippen LogP contribution < -0.4 is 4.90 Å². The summed E-state index contributed by atoms with van der Waals surface area (Å²) < 4.78 is 23.1. The number of cyclic esters (lactones) is 1. The van der Waals surface area contributed by atoms with E-state index in [0.717, 1.165) is 0 Å². The topological polar surface area (TPSA) is 55.8 Å². The van der Waals surface area contributed by atoms with E-state index in [-0.39, 0.29) is 13.2 Å². The van der Waals surface area contributed by atoms with Crippen molar-refractivity contribution in [2.24, 2.45) is 0 Å². The van der Waals surface area contributed by atoms with Gasteiger partial charge in [-0.1, -0.05) is 6.07 Å². The number of esters is 1. The van der Waals surface area contributed by atoms with Crippen molar-refractivity contribution in [2.75, 3.05) is 18.1 Å². The molecule has 0 bridgehead atoms. The molecule has 1 fully saturated rings. The molecule has 1 aliphatic rings. The first-order valence-electron chi connectivity index (χ1n) is 5.89. The predicted molar refractivity (Wildman–Crippen MR) is 65.3 cm³/mol. The van der Waals surface area contributed by atoms with Gasteiger partial charge in [-0.2, -0.15) is 0 Å². The Balaban J connectivity index is 2.22. The lowest BCUT2D eigenvalue weighted by Gasteiger charge is -2.19. The fourth-order valence-corrected chi connectivity index (χ4v) is 1.88. The van der Waals surface area contributed by atoms with Gasteiger partial charge in [0, 0.05) is 0 Å². The maximum atomic E-state index is 13.1. The summed E-state index contributed by atoms with van der Waals surface area (Å²) in [6.07, 6.45) is -0.693. The van der Waals surface area contributed by atoms with Crippen molar-refractivity contribution in [2.45, 2.75) is 19.4 Å². The lowest BCUT2D eigenvalue weighted by molar-refractivity contribution is -0.159. The van der Waals surface area contributed by atoms with Crippen LogP contribution in [-0.4, -0.2) is 30.8 Å².